The molecule has 0 spiro atoms. The standard InChI is InChI=1S/C21H21N3O5S/c1-4-15-17(19(25)28-3)22-18(30-15)13-7-5-6-12(10-13)14-11-16(29-23-14)21(27)8-9-24(2)20(21)26/h5-7,10-11,27H,4,8-9H2,1-3H3/t21-/m1/s1. The van der Waals surface area contributed by atoms with Crippen molar-refractivity contribution in [3.8, 4) is 21.8 Å². The molecule has 1 fully saturated rings. The number of aromatic nitrogens is 2. The van der Waals surface area contributed by atoms with Gasteiger partial charge in [-0.2, -0.15) is 0 Å². The maximum absolute atomic E-state index is 12.3. The molecule has 3 heterocycles. The normalized spacial score (nSPS) is 18.8. The number of likely N-dealkylation sites (tertiary alicyclic amines) is 1. The molecule has 9 heteroatoms. The third-order valence-electron chi connectivity index (χ3n) is 5.23. The predicted molar refractivity (Wildman–Crippen MR) is 110 cm³/mol. The lowest BCUT2D eigenvalue weighted by atomic mass is 9.98. The van der Waals surface area contributed by atoms with Gasteiger partial charge in [0.2, 0.25) is 5.60 Å². The van der Waals surface area contributed by atoms with Crippen LogP contribution in [-0.2, 0) is 21.6 Å². The van der Waals surface area contributed by atoms with Crippen LogP contribution in [0.1, 0.15) is 34.5 Å². The van der Waals surface area contributed by atoms with Gasteiger partial charge in [0.1, 0.15) is 10.7 Å². The van der Waals surface area contributed by atoms with Gasteiger partial charge in [-0.3, -0.25) is 4.79 Å². The SMILES string of the molecule is CCc1sc(-c2cccc(-c3cc([C@]4(O)CCN(C)C4=O)on3)c2)nc1C(=O)OC. The van der Waals surface area contributed by atoms with Crippen molar-refractivity contribution in [3.05, 3.63) is 46.7 Å². The van der Waals surface area contributed by atoms with E-state index in [2.05, 4.69) is 10.1 Å². The minimum atomic E-state index is -1.68. The van der Waals surface area contributed by atoms with Crippen molar-refractivity contribution < 1.29 is 24.0 Å². The summed E-state index contributed by atoms with van der Waals surface area (Å²) in [6.07, 6.45) is 0.932. The van der Waals surface area contributed by atoms with Gasteiger partial charge in [0.25, 0.3) is 5.91 Å². The lowest BCUT2D eigenvalue weighted by Gasteiger charge is -2.16. The van der Waals surface area contributed by atoms with Crippen LogP contribution in [0.5, 0.6) is 0 Å². The van der Waals surface area contributed by atoms with Crippen molar-refractivity contribution in [2.45, 2.75) is 25.4 Å². The minimum Gasteiger partial charge on any atom is -0.464 e. The largest absolute Gasteiger partial charge is 0.464 e. The minimum absolute atomic E-state index is 0.132. The van der Waals surface area contributed by atoms with Crippen molar-refractivity contribution in [1.29, 1.82) is 0 Å². The zero-order valence-corrected chi connectivity index (χ0v) is 17.7. The summed E-state index contributed by atoms with van der Waals surface area (Å²) in [5.74, 6) is -0.719. The average molecular weight is 427 g/mol. The lowest BCUT2D eigenvalue weighted by molar-refractivity contribution is -0.144. The Morgan fingerprint density at radius 1 is 1.37 bits per heavy atom. The van der Waals surface area contributed by atoms with Crippen molar-refractivity contribution in [2.75, 3.05) is 20.7 Å². The summed E-state index contributed by atoms with van der Waals surface area (Å²) in [5.41, 5.74) is 0.724. The van der Waals surface area contributed by atoms with Gasteiger partial charge >= 0.3 is 5.97 Å². The molecule has 0 aliphatic carbocycles. The highest BCUT2D eigenvalue weighted by molar-refractivity contribution is 7.15. The van der Waals surface area contributed by atoms with Crippen LogP contribution in [0.25, 0.3) is 21.8 Å². The van der Waals surface area contributed by atoms with Gasteiger partial charge in [0.05, 0.1) is 7.11 Å². The molecule has 0 radical (unpaired) electrons. The van der Waals surface area contributed by atoms with Crippen LogP contribution in [0.4, 0.5) is 0 Å². The first kappa shape index (κ1) is 20.2. The summed E-state index contributed by atoms with van der Waals surface area (Å²) in [5, 5.41) is 15.5. The number of rotatable bonds is 5. The Labute approximate surface area is 177 Å². The van der Waals surface area contributed by atoms with Gasteiger partial charge in [0, 0.05) is 42.1 Å². The fraction of sp³-hybridized carbons (Fsp3) is 0.333. The smallest absolute Gasteiger partial charge is 0.357 e. The van der Waals surface area contributed by atoms with Gasteiger partial charge in [0.15, 0.2) is 11.5 Å². The highest BCUT2D eigenvalue weighted by Crippen LogP contribution is 2.36. The lowest BCUT2D eigenvalue weighted by Crippen LogP contribution is -2.35. The molecular weight excluding hydrogens is 406 g/mol. The molecule has 156 valence electrons. The number of aliphatic hydroxyl groups is 1. The fourth-order valence-corrected chi connectivity index (χ4v) is 4.46. The van der Waals surface area contributed by atoms with Crippen LogP contribution in [-0.4, -0.2) is 52.7 Å². The zero-order valence-electron chi connectivity index (χ0n) is 16.8. The Kier molecular flexibility index (Phi) is 5.17. The van der Waals surface area contributed by atoms with Crippen molar-refractivity contribution in [1.82, 2.24) is 15.0 Å². The van der Waals surface area contributed by atoms with Gasteiger partial charge in [-0.15, -0.1) is 11.3 Å². The molecule has 0 unspecified atom stereocenters. The number of thiazole rings is 1. The molecule has 1 saturated heterocycles. The maximum Gasteiger partial charge on any atom is 0.357 e. The molecule has 1 amide bonds. The summed E-state index contributed by atoms with van der Waals surface area (Å²) in [7, 11) is 2.98. The summed E-state index contributed by atoms with van der Waals surface area (Å²) in [6.45, 7) is 2.41. The molecule has 1 aromatic carbocycles. The first-order valence-corrected chi connectivity index (χ1v) is 10.3. The second-order valence-corrected chi connectivity index (χ2v) is 8.21. The first-order valence-electron chi connectivity index (χ1n) is 9.51. The van der Waals surface area contributed by atoms with E-state index < -0.39 is 17.5 Å². The summed E-state index contributed by atoms with van der Waals surface area (Å²) >= 11 is 1.44. The highest BCUT2D eigenvalue weighted by atomic mass is 32.1. The van der Waals surface area contributed by atoms with Crippen LogP contribution in [0, 0.1) is 0 Å². The molecule has 8 nitrogen and oxygen atoms in total. The molecular formula is C21H21N3O5S. The van der Waals surface area contributed by atoms with E-state index in [0.29, 0.717) is 29.4 Å². The second-order valence-electron chi connectivity index (χ2n) is 7.13. The van der Waals surface area contributed by atoms with Crippen molar-refractivity contribution in [3.63, 3.8) is 0 Å². The maximum atomic E-state index is 12.3. The number of hydrogen-bond donors (Lipinski definition) is 1. The molecule has 4 rings (SSSR count). The number of methoxy groups -OCH3 is 1. The van der Waals surface area contributed by atoms with Gasteiger partial charge in [-0.05, 0) is 12.5 Å². The summed E-state index contributed by atoms with van der Waals surface area (Å²) < 4.78 is 10.2. The highest BCUT2D eigenvalue weighted by Gasteiger charge is 2.48. The molecule has 1 atom stereocenters. The number of hydrogen-bond acceptors (Lipinski definition) is 8. The van der Waals surface area contributed by atoms with E-state index in [0.717, 1.165) is 16.0 Å². The number of ether oxygens (including phenoxy) is 1. The van der Waals surface area contributed by atoms with E-state index in [4.69, 9.17) is 9.26 Å². The monoisotopic (exact) mass is 427 g/mol. The number of benzene rings is 1. The number of amides is 1. The molecule has 0 saturated carbocycles. The van der Waals surface area contributed by atoms with E-state index in [9.17, 15) is 14.7 Å². The van der Waals surface area contributed by atoms with Crippen LogP contribution in [0.3, 0.4) is 0 Å². The van der Waals surface area contributed by atoms with E-state index in [-0.39, 0.29) is 12.2 Å². The molecule has 3 aromatic rings. The van der Waals surface area contributed by atoms with E-state index in [1.807, 2.05) is 31.2 Å². The molecule has 1 aliphatic rings. The van der Waals surface area contributed by atoms with Crippen LogP contribution in [0.15, 0.2) is 34.9 Å². The van der Waals surface area contributed by atoms with E-state index in [1.54, 1.807) is 13.1 Å². The van der Waals surface area contributed by atoms with E-state index in [1.165, 1.54) is 23.3 Å². The fourth-order valence-electron chi connectivity index (χ4n) is 3.47. The van der Waals surface area contributed by atoms with Crippen molar-refractivity contribution in [2.24, 2.45) is 0 Å². The Bertz CT molecular complexity index is 1120. The number of carbonyl (C=O) groups is 2. The molecule has 1 aliphatic heterocycles. The Balaban J connectivity index is 1.67. The van der Waals surface area contributed by atoms with Gasteiger partial charge < -0.3 is 19.3 Å². The number of likely N-dealkylation sites (N-methyl/N-ethyl adjacent to an activating group) is 1. The van der Waals surface area contributed by atoms with E-state index >= 15 is 0 Å². The summed E-state index contributed by atoms with van der Waals surface area (Å²) in [4.78, 5) is 31.1. The average Bonchev–Trinajstić information content (AvgIpc) is 3.49. The third kappa shape index (κ3) is 3.29. The zero-order chi connectivity index (χ0) is 21.5. The molecule has 0 bridgehead atoms. The topological polar surface area (TPSA) is 106 Å². The Hall–Kier alpha value is -3.04. The van der Waals surface area contributed by atoms with Gasteiger partial charge in [-0.25, -0.2) is 9.78 Å². The van der Waals surface area contributed by atoms with Crippen molar-refractivity contribution >= 4 is 23.2 Å². The first-order chi connectivity index (χ1) is 14.4. The second kappa shape index (κ2) is 7.66. The summed E-state index contributed by atoms with van der Waals surface area (Å²) in [6, 6.07) is 9.08. The number of aryl methyl sites for hydroxylation is 1. The van der Waals surface area contributed by atoms with Crippen LogP contribution < -0.4 is 0 Å². The number of nitrogens with zero attached hydrogens (tertiary/aromatic N) is 3. The van der Waals surface area contributed by atoms with Crippen LogP contribution >= 0.6 is 11.3 Å². The van der Waals surface area contributed by atoms with Gasteiger partial charge in [-0.1, -0.05) is 30.3 Å². The molecule has 30 heavy (non-hydrogen) atoms. The molecule has 2 aromatic heterocycles. The molecule has 1 N–H and O–H groups in total. The Morgan fingerprint density at radius 2 is 2.13 bits per heavy atom. The quantitative estimate of drug-likeness (QED) is 0.624. The number of carbonyl (C=O) groups excluding carboxylic acids is 2. The third-order valence-corrected chi connectivity index (χ3v) is 6.48. The number of esters is 1. The Morgan fingerprint density at radius 3 is 2.80 bits per heavy atom. The van der Waals surface area contributed by atoms with Crippen LogP contribution in [0.2, 0.25) is 0 Å². The predicted octanol–water partition coefficient (Wildman–Crippen LogP) is 2.86.